The summed E-state index contributed by atoms with van der Waals surface area (Å²) in [7, 11) is 0. The number of ether oxygens (including phenoxy) is 1. The van der Waals surface area contributed by atoms with E-state index in [4.69, 9.17) is 4.74 Å². The molecule has 0 amide bonds. The number of hydrogen-bond donors (Lipinski definition) is 1. The molecule has 3 nitrogen and oxygen atoms in total. The number of nitrogens with zero attached hydrogens (tertiary/aromatic N) is 1. The average Bonchev–Trinajstić information content (AvgIpc) is 2.99. The fourth-order valence-electron chi connectivity index (χ4n) is 3.45. The molecular weight excluding hydrogens is 224 g/mol. The van der Waals surface area contributed by atoms with Gasteiger partial charge in [0, 0.05) is 31.8 Å². The lowest BCUT2D eigenvalue weighted by atomic mass is 10.0. The van der Waals surface area contributed by atoms with E-state index in [1.807, 2.05) is 0 Å². The summed E-state index contributed by atoms with van der Waals surface area (Å²) in [6, 6.07) is 1.45. The van der Waals surface area contributed by atoms with Gasteiger partial charge >= 0.3 is 0 Å². The molecule has 2 heterocycles. The van der Waals surface area contributed by atoms with E-state index < -0.39 is 0 Å². The van der Waals surface area contributed by atoms with Gasteiger partial charge < -0.3 is 10.1 Å². The lowest BCUT2D eigenvalue weighted by Gasteiger charge is -2.33. The van der Waals surface area contributed by atoms with Crippen molar-refractivity contribution in [2.45, 2.75) is 64.6 Å². The van der Waals surface area contributed by atoms with Crippen molar-refractivity contribution in [1.29, 1.82) is 0 Å². The van der Waals surface area contributed by atoms with Crippen molar-refractivity contribution in [3.63, 3.8) is 0 Å². The van der Waals surface area contributed by atoms with Crippen LogP contribution in [-0.2, 0) is 4.74 Å². The van der Waals surface area contributed by atoms with Gasteiger partial charge in [-0.3, -0.25) is 4.90 Å². The van der Waals surface area contributed by atoms with Crippen molar-refractivity contribution in [1.82, 2.24) is 10.2 Å². The van der Waals surface area contributed by atoms with Crippen LogP contribution >= 0.6 is 0 Å². The molecule has 2 aliphatic heterocycles. The van der Waals surface area contributed by atoms with Gasteiger partial charge in [0.25, 0.3) is 0 Å². The van der Waals surface area contributed by atoms with Crippen molar-refractivity contribution >= 4 is 0 Å². The molecule has 0 aromatic rings. The first-order valence-electron chi connectivity index (χ1n) is 7.76. The van der Waals surface area contributed by atoms with Crippen molar-refractivity contribution in [3.8, 4) is 0 Å². The maximum Gasteiger partial charge on any atom is 0.0700 e. The molecule has 0 aromatic heterocycles. The molecule has 0 bridgehead atoms. The minimum atomic E-state index is 0.469. The van der Waals surface area contributed by atoms with Crippen molar-refractivity contribution in [2.24, 2.45) is 5.92 Å². The van der Waals surface area contributed by atoms with Crippen LogP contribution in [0.3, 0.4) is 0 Å². The van der Waals surface area contributed by atoms with Gasteiger partial charge in [-0.15, -0.1) is 0 Å². The first-order chi connectivity index (χ1) is 8.68. The fourth-order valence-corrected chi connectivity index (χ4v) is 3.45. The van der Waals surface area contributed by atoms with Gasteiger partial charge in [-0.25, -0.2) is 0 Å². The highest BCUT2D eigenvalue weighted by Crippen LogP contribution is 2.25. The van der Waals surface area contributed by atoms with Crippen LogP contribution in [0.15, 0.2) is 0 Å². The second kappa shape index (κ2) is 6.88. The Labute approximate surface area is 112 Å². The number of nitrogens with one attached hydrogen (secondary N) is 1. The average molecular weight is 254 g/mol. The maximum absolute atomic E-state index is 5.64. The summed E-state index contributed by atoms with van der Waals surface area (Å²) < 4.78 is 5.64. The summed E-state index contributed by atoms with van der Waals surface area (Å²) >= 11 is 0. The molecule has 2 fully saturated rings. The molecule has 2 saturated heterocycles. The van der Waals surface area contributed by atoms with Crippen LogP contribution in [0.5, 0.6) is 0 Å². The summed E-state index contributed by atoms with van der Waals surface area (Å²) in [5.41, 5.74) is 0. The molecule has 2 aliphatic rings. The topological polar surface area (TPSA) is 24.5 Å². The van der Waals surface area contributed by atoms with Crippen LogP contribution in [0.2, 0.25) is 0 Å². The Kier molecular flexibility index (Phi) is 5.46. The summed E-state index contributed by atoms with van der Waals surface area (Å²) in [6.45, 7) is 11.5. The molecular formula is C15H30N2O. The van der Waals surface area contributed by atoms with Crippen LogP contribution in [0, 0.1) is 5.92 Å². The Balaban J connectivity index is 1.68. The minimum Gasteiger partial charge on any atom is -0.377 e. The molecule has 0 saturated carbocycles. The molecule has 3 unspecified atom stereocenters. The molecule has 3 atom stereocenters. The van der Waals surface area contributed by atoms with E-state index in [1.165, 1.54) is 32.2 Å². The highest BCUT2D eigenvalue weighted by atomic mass is 16.5. The zero-order chi connectivity index (χ0) is 13.0. The molecule has 2 rings (SSSR count). The molecule has 0 aliphatic carbocycles. The van der Waals surface area contributed by atoms with E-state index in [-0.39, 0.29) is 0 Å². The Hall–Kier alpha value is -0.120. The van der Waals surface area contributed by atoms with E-state index in [1.54, 1.807) is 0 Å². The zero-order valence-corrected chi connectivity index (χ0v) is 12.3. The van der Waals surface area contributed by atoms with Crippen molar-refractivity contribution in [2.75, 3.05) is 26.2 Å². The Morgan fingerprint density at radius 3 is 2.72 bits per heavy atom. The summed E-state index contributed by atoms with van der Waals surface area (Å²) in [5.74, 6) is 0.785. The summed E-state index contributed by atoms with van der Waals surface area (Å²) in [5, 5.41) is 3.60. The van der Waals surface area contributed by atoms with Gasteiger partial charge in [-0.1, -0.05) is 13.8 Å². The minimum absolute atomic E-state index is 0.469. The highest BCUT2D eigenvalue weighted by Gasteiger charge is 2.30. The normalized spacial score (nSPS) is 31.3. The van der Waals surface area contributed by atoms with Gasteiger partial charge in [0.2, 0.25) is 0 Å². The maximum atomic E-state index is 5.64. The predicted octanol–water partition coefficient (Wildman–Crippen LogP) is 2.26. The van der Waals surface area contributed by atoms with Crippen LogP contribution in [-0.4, -0.2) is 49.3 Å². The predicted molar refractivity (Wildman–Crippen MR) is 75.9 cm³/mol. The van der Waals surface area contributed by atoms with E-state index in [9.17, 15) is 0 Å². The summed E-state index contributed by atoms with van der Waals surface area (Å²) in [4.78, 5) is 2.70. The molecule has 0 spiro atoms. The second-order valence-electron chi connectivity index (χ2n) is 6.33. The third kappa shape index (κ3) is 3.69. The standard InChI is InChI=1S/C15H30N2O/c1-12(2)15-7-4-8-17(15)13(3)10-16-11-14-6-5-9-18-14/h12-16H,4-11H2,1-3H3. The number of likely N-dealkylation sites (tertiary alicyclic amines) is 1. The van der Waals surface area contributed by atoms with Gasteiger partial charge in [0.15, 0.2) is 0 Å². The van der Waals surface area contributed by atoms with E-state index >= 15 is 0 Å². The quantitative estimate of drug-likeness (QED) is 0.787. The van der Waals surface area contributed by atoms with Crippen LogP contribution in [0.1, 0.15) is 46.5 Å². The van der Waals surface area contributed by atoms with Gasteiger partial charge in [0.1, 0.15) is 0 Å². The third-order valence-electron chi connectivity index (χ3n) is 4.51. The van der Waals surface area contributed by atoms with Crippen LogP contribution in [0.4, 0.5) is 0 Å². The van der Waals surface area contributed by atoms with Crippen LogP contribution < -0.4 is 5.32 Å². The zero-order valence-electron chi connectivity index (χ0n) is 12.3. The molecule has 18 heavy (non-hydrogen) atoms. The van der Waals surface area contributed by atoms with E-state index in [2.05, 4.69) is 31.0 Å². The number of rotatable bonds is 6. The smallest absolute Gasteiger partial charge is 0.0700 e. The molecule has 1 N–H and O–H groups in total. The summed E-state index contributed by atoms with van der Waals surface area (Å²) in [6.07, 6.45) is 5.70. The van der Waals surface area contributed by atoms with Crippen LogP contribution in [0.25, 0.3) is 0 Å². The number of hydrogen-bond acceptors (Lipinski definition) is 3. The highest BCUT2D eigenvalue weighted by molar-refractivity contribution is 4.86. The molecule has 3 heteroatoms. The third-order valence-corrected chi connectivity index (χ3v) is 4.51. The lowest BCUT2D eigenvalue weighted by Crippen LogP contribution is -2.46. The van der Waals surface area contributed by atoms with Gasteiger partial charge in [-0.05, 0) is 45.1 Å². The van der Waals surface area contributed by atoms with Gasteiger partial charge in [0.05, 0.1) is 6.10 Å². The largest absolute Gasteiger partial charge is 0.377 e. The second-order valence-corrected chi connectivity index (χ2v) is 6.33. The van der Waals surface area contributed by atoms with Gasteiger partial charge in [-0.2, -0.15) is 0 Å². The fraction of sp³-hybridized carbons (Fsp3) is 1.00. The lowest BCUT2D eigenvalue weighted by molar-refractivity contribution is 0.104. The van der Waals surface area contributed by atoms with E-state index in [0.717, 1.165) is 31.7 Å². The molecule has 106 valence electrons. The van der Waals surface area contributed by atoms with Crippen molar-refractivity contribution < 1.29 is 4.74 Å². The SMILES string of the molecule is CC(C)C1CCCN1C(C)CNCC1CCCO1. The van der Waals surface area contributed by atoms with E-state index in [0.29, 0.717) is 12.1 Å². The Bertz CT molecular complexity index is 239. The van der Waals surface area contributed by atoms with Crippen molar-refractivity contribution in [3.05, 3.63) is 0 Å². The molecule has 0 aromatic carbocycles. The molecule has 0 radical (unpaired) electrons. The Morgan fingerprint density at radius 1 is 1.22 bits per heavy atom. The first-order valence-corrected chi connectivity index (χ1v) is 7.76. The first kappa shape index (κ1) is 14.3. The Morgan fingerprint density at radius 2 is 2.06 bits per heavy atom. The monoisotopic (exact) mass is 254 g/mol.